The van der Waals surface area contributed by atoms with Gasteiger partial charge in [-0.05, 0) is 61.4 Å². The molecule has 0 aromatic heterocycles. The molecule has 3 aromatic rings. The fraction of sp³-hybridized carbons (Fsp3) is 0.269. The van der Waals surface area contributed by atoms with Gasteiger partial charge >= 0.3 is 0 Å². The molecule has 0 bridgehead atoms. The Morgan fingerprint density at radius 3 is 2.18 bits per heavy atom. The molecule has 178 valence electrons. The van der Waals surface area contributed by atoms with Crippen molar-refractivity contribution < 1.29 is 22.7 Å². The molecule has 34 heavy (non-hydrogen) atoms. The summed E-state index contributed by atoms with van der Waals surface area (Å²) in [4.78, 5) is 13.1. The minimum absolute atomic E-state index is 0.231. The predicted molar refractivity (Wildman–Crippen MR) is 131 cm³/mol. The lowest BCUT2D eigenvalue weighted by atomic mass is 10.2. The number of para-hydroxylation sites is 2. The maximum atomic E-state index is 12.9. The number of benzene rings is 3. The molecule has 1 fully saturated rings. The number of nitrogens with one attached hydrogen (secondary N) is 1. The first kappa shape index (κ1) is 23.8. The number of hydrogen-bond donors (Lipinski definition) is 1. The molecular formula is C26H28N2O5S. The van der Waals surface area contributed by atoms with E-state index in [9.17, 15) is 13.2 Å². The Labute approximate surface area is 200 Å². The van der Waals surface area contributed by atoms with E-state index in [1.807, 2.05) is 30.3 Å². The molecule has 8 heteroatoms. The second-order valence-corrected chi connectivity index (χ2v) is 9.89. The van der Waals surface area contributed by atoms with Crippen LogP contribution in [0.25, 0.3) is 0 Å². The van der Waals surface area contributed by atoms with Gasteiger partial charge in [0.1, 0.15) is 24.7 Å². The summed E-state index contributed by atoms with van der Waals surface area (Å²) in [6.45, 7) is 1.72. The third-order valence-corrected chi connectivity index (χ3v) is 7.46. The molecule has 1 saturated heterocycles. The van der Waals surface area contributed by atoms with Gasteiger partial charge in [0.15, 0.2) is 0 Å². The first-order valence-electron chi connectivity index (χ1n) is 11.4. The van der Waals surface area contributed by atoms with Crippen molar-refractivity contribution in [1.29, 1.82) is 0 Å². The van der Waals surface area contributed by atoms with Crippen molar-refractivity contribution in [2.45, 2.75) is 24.2 Å². The number of carbonyl (C=O) groups excluding carboxylic acids is 1. The van der Waals surface area contributed by atoms with E-state index in [-0.39, 0.29) is 17.4 Å². The molecule has 1 heterocycles. The van der Waals surface area contributed by atoms with Gasteiger partial charge in [-0.3, -0.25) is 4.79 Å². The van der Waals surface area contributed by atoms with E-state index < -0.39 is 10.0 Å². The third kappa shape index (κ3) is 5.95. The minimum atomic E-state index is -3.51. The molecule has 0 spiro atoms. The zero-order valence-corrected chi connectivity index (χ0v) is 19.7. The number of sulfonamides is 1. The highest BCUT2D eigenvalue weighted by molar-refractivity contribution is 7.89. The second-order valence-electron chi connectivity index (χ2n) is 7.95. The van der Waals surface area contributed by atoms with Crippen LogP contribution in [0.15, 0.2) is 83.8 Å². The van der Waals surface area contributed by atoms with Crippen LogP contribution in [-0.4, -0.2) is 44.9 Å². The zero-order valence-electron chi connectivity index (χ0n) is 18.9. The Morgan fingerprint density at radius 2 is 1.44 bits per heavy atom. The summed E-state index contributed by atoms with van der Waals surface area (Å²) in [5.41, 5.74) is 0.886. The van der Waals surface area contributed by atoms with Gasteiger partial charge in [-0.25, -0.2) is 8.42 Å². The number of anilines is 1. The number of nitrogens with zero attached hydrogens (tertiary/aromatic N) is 1. The molecule has 7 nitrogen and oxygen atoms in total. The first-order chi connectivity index (χ1) is 16.5. The summed E-state index contributed by atoms with van der Waals surface area (Å²) < 4.78 is 38.6. The molecule has 1 amide bonds. The quantitative estimate of drug-likeness (QED) is 0.454. The second kappa shape index (κ2) is 11.2. The average molecular weight is 481 g/mol. The summed E-state index contributed by atoms with van der Waals surface area (Å²) in [6.07, 6.45) is 2.82. The van der Waals surface area contributed by atoms with E-state index in [1.54, 1.807) is 36.4 Å². The van der Waals surface area contributed by atoms with Crippen LogP contribution in [0.3, 0.4) is 0 Å². The highest BCUT2D eigenvalue weighted by Gasteiger charge is 2.25. The van der Waals surface area contributed by atoms with Crippen LogP contribution in [-0.2, 0) is 10.0 Å². The first-order valence-corrected chi connectivity index (χ1v) is 12.8. The van der Waals surface area contributed by atoms with Crippen LogP contribution in [0.4, 0.5) is 5.69 Å². The lowest BCUT2D eigenvalue weighted by Gasteiger charge is -2.25. The minimum Gasteiger partial charge on any atom is -0.490 e. The van der Waals surface area contributed by atoms with E-state index in [0.717, 1.165) is 25.0 Å². The summed E-state index contributed by atoms with van der Waals surface area (Å²) in [6, 6.07) is 22.7. The Morgan fingerprint density at radius 1 is 0.794 bits per heavy atom. The predicted octanol–water partition coefficient (Wildman–Crippen LogP) is 4.57. The normalized spacial score (nSPS) is 14.4. The van der Waals surface area contributed by atoms with Gasteiger partial charge in [0.2, 0.25) is 10.0 Å². The Bertz CT molecular complexity index is 1190. The number of carbonyl (C=O) groups is 1. The molecule has 0 saturated carbocycles. The van der Waals surface area contributed by atoms with E-state index in [4.69, 9.17) is 9.47 Å². The van der Waals surface area contributed by atoms with Crippen LogP contribution in [0.2, 0.25) is 0 Å². The van der Waals surface area contributed by atoms with Gasteiger partial charge in [-0.2, -0.15) is 4.31 Å². The van der Waals surface area contributed by atoms with Crippen molar-refractivity contribution in [1.82, 2.24) is 4.31 Å². The topological polar surface area (TPSA) is 84.9 Å². The van der Waals surface area contributed by atoms with Crippen LogP contribution in [0, 0.1) is 0 Å². The maximum absolute atomic E-state index is 12.9. The number of ether oxygens (including phenoxy) is 2. The van der Waals surface area contributed by atoms with Crippen molar-refractivity contribution >= 4 is 21.6 Å². The Hall–Kier alpha value is -3.36. The van der Waals surface area contributed by atoms with E-state index >= 15 is 0 Å². The standard InChI is InChI=1S/C26H28N2O5S/c29-26(24-11-5-6-12-25(24)33-20-19-32-22-9-3-1-4-10-22)27-21-13-15-23(16-14-21)34(30,31)28-17-7-2-8-18-28/h1,3-6,9-16H,2,7-8,17-20H2,(H,27,29). The van der Waals surface area contributed by atoms with Crippen molar-refractivity contribution in [3.05, 3.63) is 84.4 Å². The molecule has 1 N–H and O–H groups in total. The molecule has 3 aromatic carbocycles. The summed E-state index contributed by atoms with van der Waals surface area (Å²) >= 11 is 0. The molecule has 0 aliphatic carbocycles. The SMILES string of the molecule is O=C(Nc1ccc(S(=O)(=O)N2CCCCC2)cc1)c1ccccc1OCCOc1ccccc1. The lowest BCUT2D eigenvalue weighted by molar-refractivity contribution is 0.102. The van der Waals surface area contributed by atoms with Crippen LogP contribution >= 0.6 is 0 Å². The average Bonchev–Trinajstić information content (AvgIpc) is 2.88. The summed E-state index contributed by atoms with van der Waals surface area (Å²) in [5, 5.41) is 2.81. The molecular weight excluding hydrogens is 452 g/mol. The molecule has 1 aliphatic rings. The third-order valence-electron chi connectivity index (χ3n) is 5.55. The van der Waals surface area contributed by atoms with Gasteiger partial charge in [0, 0.05) is 18.8 Å². The molecule has 0 unspecified atom stereocenters. The van der Waals surface area contributed by atoms with Crippen molar-refractivity contribution in [3.8, 4) is 11.5 Å². The van der Waals surface area contributed by atoms with Gasteiger partial charge in [0.25, 0.3) is 5.91 Å². The molecule has 0 radical (unpaired) electrons. The van der Waals surface area contributed by atoms with Crippen molar-refractivity contribution in [2.24, 2.45) is 0 Å². The van der Waals surface area contributed by atoms with Crippen LogP contribution in [0.5, 0.6) is 11.5 Å². The number of piperidine rings is 1. The largest absolute Gasteiger partial charge is 0.490 e. The number of hydrogen-bond acceptors (Lipinski definition) is 5. The van der Waals surface area contributed by atoms with Crippen LogP contribution < -0.4 is 14.8 Å². The molecule has 0 atom stereocenters. The zero-order chi connectivity index (χ0) is 23.8. The van der Waals surface area contributed by atoms with Gasteiger partial charge in [0.05, 0.1) is 10.5 Å². The molecule has 4 rings (SSSR count). The smallest absolute Gasteiger partial charge is 0.259 e. The summed E-state index contributed by atoms with van der Waals surface area (Å²) in [5.74, 6) is 0.857. The highest BCUT2D eigenvalue weighted by atomic mass is 32.2. The van der Waals surface area contributed by atoms with E-state index in [0.29, 0.717) is 36.7 Å². The lowest BCUT2D eigenvalue weighted by Crippen LogP contribution is -2.35. The highest BCUT2D eigenvalue weighted by Crippen LogP contribution is 2.23. The Kier molecular flexibility index (Phi) is 7.82. The van der Waals surface area contributed by atoms with Crippen molar-refractivity contribution in [3.63, 3.8) is 0 Å². The summed E-state index contributed by atoms with van der Waals surface area (Å²) in [7, 11) is -3.51. The monoisotopic (exact) mass is 480 g/mol. The fourth-order valence-electron chi connectivity index (χ4n) is 3.77. The fourth-order valence-corrected chi connectivity index (χ4v) is 5.29. The van der Waals surface area contributed by atoms with Gasteiger partial charge < -0.3 is 14.8 Å². The number of rotatable bonds is 9. The maximum Gasteiger partial charge on any atom is 0.259 e. The van der Waals surface area contributed by atoms with E-state index in [2.05, 4.69) is 5.32 Å². The molecule has 1 aliphatic heterocycles. The number of amides is 1. The Balaban J connectivity index is 1.36. The van der Waals surface area contributed by atoms with Crippen LogP contribution in [0.1, 0.15) is 29.6 Å². The van der Waals surface area contributed by atoms with E-state index in [1.165, 1.54) is 16.4 Å². The van der Waals surface area contributed by atoms with Crippen molar-refractivity contribution in [2.75, 3.05) is 31.6 Å². The van der Waals surface area contributed by atoms with Gasteiger partial charge in [-0.1, -0.05) is 36.8 Å². The van der Waals surface area contributed by atoms with Gasteiger partial charge in [-0.15, -0.1) is 0 Å².